The lowest BCUT2D eigenvalue weighted by molar-refractivity contribution is -0.156. The van der Waals surface area contributed by atoms with Crippen LogP contribution in [0.5, 0.6) is 0 Å². The first-order valence-electron chi connectivity index (χ1n) is 3.62. The smallest absolute Gasteiger partial charge is 0.327 e. The second kappa shape index (κ2) is 6.20. The van der Waals surface area contributed by atoms with E-state index in [9.17, 15) is 14.4 Å². The highest BCUT2D eigenvalue weighted by Gasteiger charge is 2.40. The summed E-state index contributed by atoms with van der Waals surface area (Å²) in [5, 5.41) is 16.9. The molecule has 7 nitrogen and oxygen atoms in total. The van der Waals surface area contributed by atoms with E-state index in [1.54, 1.807) is 0 Å². The number of nitrogens with two attached hydrogens (primary N) is 1. The number of rotatable bonds is 5. The average Bonchev–Trinajstić information content (AvgIpc) is 1.99. The molecule has 0 aliphatic rings. The average molecular weight is 242 g/mol. The lowest BCUT2D eigenvalue weighted by Gasteiger charge is -2.22. The predicted octanol–water partition coefficient (Wildman–Crippen LogP) is -0.772. The molecule has 0 fully saturated rings. The topological polar surface area (TPSA) is 127 Å². The quantitative estimate of drug-likeness (QED) is 0.539. The van der Waals surface area contributed by atoms with Crippen molar-refractivity contribution in [3.05, 3.63) is 0 Å². The van der Waals surface area contributed by atoms with Gasteiger partial charge in [0.15, 0.2) is 0 Å². The minimum absolute atomic E-state index is 0. The van der Waals surface area contributed by atoms with Crippen LogP contribution in [-0.2, 0) is 19.1 Å². The van der Waals surface area contributed by atoms with Gasteiger partial charge in [-0.1, -0.05) is 0 Å². The van der Waals surface area contributed by atoms with E-state index >= 15 is 0 Å². The Bertz CT molecular complexity index is 250. The molecule has 0 rings (SSSR count). The fourth-order valence-corrected chi connectivity index (χ4v) is 0.950. The maximum absolute atomic E-state index is 11.0. The van der Waals surface area contributed by atoms with E-state index in [-0.39, 0.29) is 12.4 Å². The van der Waals surface area contributed by atoms with Gasteiger partial charge in [-0.15, -0.1) is 12.4 Å². The summed E-state index contributed by atoms with van der Waals surface area (Å²) in [7, 11) is 1.01. The molecule has 0 saturated carbocycles. The molecule has 0 atom stereocenters. The van der Waals surface area contributed by atoms with Crippen molar-refractivity contribution in [2.24, 2.45) is 5.73 Å². The number of aliphatic carboxylic acids is 2. The van der Waals surface area contributed by atoms with Crippen LogP contribution in [0, 0.1) is 0 Å². The van der Waals surface area contributed by atoms with Gasteiger partial charge in [-0.05, 0) is 0 Å². The summed E-state index contributed by atoms with van der Waals surface area (Å²) in [6.07, 6.45) is -1.57. The van der Waals surface area contributed by atoms with Gasteiger partial charge in [-0.25, -0.2) is 0 Å². The first-order valence-corrected chi connectivity index (χ1v) is 3.62. The van der Waals surface area contributed by atoms with Crippen molar-refractivity contribution < 1.29 is 29.3 Å². The molecular weight excluding hydrogens is 230 g/mol. The molecule has 0 saturated heterocycles. The largest absolute Gasteiger partial charge is 0.481 e. The van der Waals surface area contributed by atoms with Gasteiger partial charge in [-0.3, -0.25) is 14.4 Å². The zero-order chi connectivity index (χ0) is 11.4. The van der Waals surface area contributed by atoms with Gasteiger partial charge in [0, 0.05) is 0 Å². The first-order chi connectivity index (χ1) is 6.31. The second-order valence-corrected chi connectivity index (χ2v) is 2.79. The van der Waals surface area contributed by atoms with Crippen LogP contribution in [-0.4, -0.2) is 40.8 Å². The highest BCUT2D eigenvalue weighted by Crippen LogP contribution is 2.14. The molecule has 0 unspecified atom stereocenters. The lowest BCUT2D eigenvalue weighted by atomic mass is 9.92. The number of halogens is 1. The zero-order valence-electron chi connectivity index (χ0n) is 7.93. The molecule has 0 amide bonds. The molecule has 0 bridgehead atoms. The minimum Gasteiger partial charge on any atom is -0.481 e. The first kappa shape index (κ1) is 16.1. The third-order valence-electron chi connectivity index (χ3n) is 1.53. The van der Waals surface area contributed by atoms with E-state index in [1.807, 2.05) is 0 Å². The number of carboxylic acid groups (broad SMARTS) is 2. The summed E-state index contributed by atoms with van der Waals surface area (Å²) in [5.41, 5.74) is 3.31. The third kappa shape index (κ3) is 5.18. The Labute approximate surface area is 91.6 Å². The van der Waals surface area contributed by atoms with E-state index < -0.39 is 36.3 Å². The predicted molar refractivity (Wildman–Crippen MR) is 50.7 cm³/mol. The van der Waals surface area contributed by atoms with E-state index in [2.05, 4.69) is 4.74 Å². The molecule has 8 heteroatoms. The van der Waals surface area contributed by atoms with Crippen LogP contribution in [0.15, 0.2) is 0 Å². The van der Waals surface area contributed by atoms with Crippen molar-refractivity contribution in [3.8, 4) is 0 Å². The van der Waals surface area contributed by atoms with Crippen molar-refractivity contribution >= 4 is 30.3 Å². The van der Waals surface area contributed by atoms with Crippen molar-refractivity contribution in [1.29, 1.82) is 0 Å². The molecule has 0 aliphatic carbocycles. The number of hydrogen-bond acceptors (Lipinski definition) is 5. The zero-order valence-corrected chi connectivity index (χ0v) is 8.74. The minimum atomic E-state index is -2.01. The van der Waals surface area contributed by atoms with E-state index in [4.69, 9.17) is 15.9 Å². The molecule has 0 radical (unpaired) electrons. The Morgan fingerprint density at radius 1 is 1.20 bits per heavy atom. The second-order valence-electron chi connectivity index (χ2n) is 2.79. The summed E-state index contributed by atoms with van der Waals surface area (Å²) < 4.78 is 4.23. The Morgan fingerprint density at radius 3 is 1.73 bits per heavy atom. The number of methoxy groups -OCH3 is 1. The van der Waals surface area contributed by atoms with Crippen molar-refractivity contribution in [3.63, 3.8) is 0 Å². The summed E-state index contributed by atoms with van der Waals surface area (Å²) in [4.78, 5) is 31.7. The molecule has 15 heavy (non-hydrogen) atoms. The normalized spacial score (nSPS) is 10.0. The third-order valence-corrected chi connectivity index (χ3v) is 1.53. The van der Waals surface area contributed by atoms with Gasteiger partial charge in [0.1, 0.15) is 5.54 Å². The highest BCUT2D eigenvalue weighted by molar-refractivity contribution is 5.90. The van der Waals surface area contributed by atoms with Gasteiger partial charge < -0.3 is 20.7 Å². The van der Waals surface area contributed by atoms with Crippen LogP contribution in [0.1, 0.15) is 12.8 Å². The fraction of sp³-hybridized carbons (Fsp3) is 0.571. The molecule has 0 aliphatic heterocycles. The molecule has 0 aromatic heterocycles. The summed E-state index contributed by atoms with van der Waals surface area (Å²) in [6, 6.07) is 0. The molecular formula is C7H12ClNO6. The number of hydrogen-bond donors (Lipinski definition) is 3. The number of ether oxygens (including phenoxy) is 1. The Hall–Kier alpha value is -1.34. The monoisotopic (exact) mass is 241 g/mol. The SMILES string of the molecule is COC(=O)C(N)(CC(=O)O)CC(=O)O.Cl. The van der Waals surface area contributed by atoms with E-state index in [0.29, 0.717) is 0 Å². The molecule has 0 aromatic rings. The number of carboxylic acids is 2. The maximum atomic E-state index is 11.0. The number of esters is 1. The molecule has 0 aromatic carbocycles. The van der Waals surface area contributed by atoms with E-state index in [0.717, 1.165) is 7.11 Å². The van der Waals surface area contributed by atoms with Crippen molar-refractivity contribution in [2.75, 3.05) is 7.11 Å². The Morgan fingerprint density at radius 2 is 1.53 bits per heavy atom. The highest BCUT2D eigenvalue weighted by atomic mass is 35.5. The standard InChI is InChI=1S/C7H11NO6.ClH/c1-14-6(13)7(8,2-4(9)10)3-5(11)12;/h2-3,8H2,1H3,(H,9,10)(H,11,12);1H. The lowest BCUT2D eigenvalue weighted by Crippen LogP contribution is -2.51. The maximum Gasteiger partial charge on any atom is 0.327 e. The van der Waals surface area contributed by atoms with Crippen LogP contribution < -0.4 is 5.73 Å². The number of carbonyl (C=O) groups is 3. The Kier molecular flexibility index (Phi) is 6.66. The van der Waals surface area contributed by atoms with Gasteiger partial charge in [0.25, 0.3) is 0 Å². The van der Waals surface area contributed by atoms with Crippen molar-refractivity contribution in [1.82, 2.24) is 0 Å². The summed E-state index contributed by atoms with van der Waals surface area (Å²) >= 11 is 0. The van der Waals surface area contributed by atoms with Crippen LogP contribution in [0.4, 0.5) is 0 Å². The summed E-state index contributed by atoms with van der Waals surface area (Å²) in [6.45, 7) is 0. The van der Waals surface area contributed by atoms with Gasteiger partial charge in [-0.2, -0.15) is 0 Å². The summed E-state index contributed by atoms with van der Waals surface area (Å²) in [5.74, 6) is -3.78. The van der Waals surface area contributed by atoms with Gasteiger partial charge in [0.2, 0.25) is 0 Å². The van der Waals surface area contributed by atoms with Gasteiger partial charge in [0.05, 0.1) is 20.0 Å². The molecule has 0 spiro atoms. The van der Waals surface area contributed by atoms with Crippen LogP contribution in [0.2, 0.25) is 0 Å². The molecule has 4 N–H and O–H groups in total. The molecule has 88 valence electrons. The van der Waals surface area contributed by atoms with Crippen LogP contribution in [0.25, 0.3) is 0 Å². The van der Waals surface area contributed by atoms with Crippen LogP contribution in [0.3, 0.4) is 0 Å². The molecule has 0 heterocycles. The van der Waals surface area contributed by atoms with Crippen molar-refractivity contribution in [2.45, 2.75) is 18.4 Å². The van der Waals surface area contributed by atoms with Gasteiger partial charge >= 0.3 is 17.9 Å². The number of carbonyl (C=O) groups excluding carboxylic acids is 1. The fourth-order valence-electron chi connectivity index (χ4n) is 0.950. The van der Waals surface area contributed by atoms with E-state index in [1.165, 1.54) is 0 Å². The Balaban J connectivity index is 0. The van der Waals surface area contributed by atoms with Crippen LogP contribution >= 0.6 is 12.4 Å².